The third-order valence-corrected chi connectivity index (χ3v) is 10.4. The standard InChI is InChI=1S/C49H48N4O/c1-31-26-32(2)44(33(3)27-31)45-46(34-16-11-10-12-17-34)53(51-47(45)49(7,8)9)36-18-15-19-37(29-36)54-38-22-23-40-39-20-13-14-21-41(39)52(42(40)30-38)43-28-35(24-25-50-43)48(4,5)6/h10-30H,1-9H3. The summed E-state index contributed by atoms with van der Waals surface area (Å²) in [5.41, 5.74) is 13.5. The lowest BCUT2D eigenvalue weighted by atomic mass is 9.82. The molecule has 8 aromatic rings. The van der Waals surface area contributed by atoms with Gasteiger partial charge in [-0.15, -0.1) is 0 Å². The van der Waals surface area contributed by atoms with Gasteiger partial charge in [-0.1, -0.05) is 114 Å². The van der Waals surface area contributed by atoms with E-state index >= 15 is 0 Å². The molecule has 0 saturated carbocycles. The number of para-hydroxylation sites is 1. The molecule has 8 rings (SSSR count). The van der Waals surface area contributed by atoms with E-state index in [1.165, 1.54) is 38.8 Å². The van der Waals surface area contributed by atoms with E-state index in [0.29, 0.717) is 0 Å². The molecule has 0 aliphatic heterocycles. The van der Waals surface area contributed by atoms with Gasteiger partial charge in [0.2, 0.25) is 0 Å². The fourth-order valence-corrected chi connectivity index (χ4v) is 7.89. The van der Waals surface area contributed by atoms with E-state index in [-0.39, 0.29) is 10.8 Å². The van der Waals surface area contributed by atoms with E-state index in [4.69, 9.17) is 14.8 Å². The molecule has 5 aromatic carbocycles. The zero-order valence-electron chi connectivity index (χ0n) is 32.8. The van der Waals surface area contributed by atoms with E-state index in [0.717, 1.165) is 56.4 Å². The topological polar surface area (TPSA) is 44.9 Å². The molecular weight excluding hydrogens is 661 g/mol. The van der Waals surface area contributed by atoms with Gasteiger partial charge in [-0.3, -0.25) is 4.57 Å². The smallest absolute Gasteiger partial charge is 0.137 e. The fourth-order valence-electron chi connectivity index (χ4n) is 7.89. The molecule has 0 amide bonds. The molecule has 0 radical (unpaired) electrons. The predicted molar refractivity (Wildman–Crippen MR) is 225 cm³/mol. The van der Waals surface area contributed by atoms with Gasteiger partial charge in [0.25, 0.3) is 0 Å². The molecule has 3 heterocycles. The van der Waals surface area contributed by atoms with Crippen LogP contribution < -0.4 is 4.74 Å². The molecular formula is C49H48N4O. The number of pyridine rings is 1. The molecule has 3 aromatic heterocycles. The van der Waals surface area contributed by atoms with Crippen LogP contribution in [0.15, 0.2) is 128 Å². The van der Waals surface area contributed by atoms with Crippen molar-refractivity contribution in [2.24, 2.45) is 0 Å². The van der Waals surface area contributed by atoms with Crippen molar-refractivity contribution in [2.75, 3.05) is 0 Å². The molecule has 0 unspecified atom stereocenters. The lowest BCUT2D eigenvalue weighted by Gasteiger charge is -2.21. The van der Waals surface area contributed by atoms with Crippen LogP contribution in [0, 0.1) is 20.8 Å². The maximum Gasteiger partial charge on any atom is 0.137 e. The summed E-state index contributed by atoms with van der Waals surface area (Å²) >= 11 is 0. The van der Waals surface area contributed by atoms with E-state index in [1.807, 2.05) is 12.3 Å². The molecule has 5 heteroatoms. The van der Waals surface area contributed by atoms with Crippen molar-refractivity contribution >= 4 is 21.8 Å². The van der Waals surface area contributed by atoms with Gasteiger partial charge in [-0.05, 0) is 90.9 Å². The van der Waals surface area contributed by atoms with Gasteiger partial charge in [-0.25, -0.2) is 9.67 Å². The second-order valence-electron chi connectivity index (χ2n) is 16.7. The summed E-state index contributed by atoms with van der Waals surface area (Å²) in [6, 6.07) is 42.7. The average molecular weight is 709 g/mol. The van der Waals surface area contributed by atoms with Crippen molar-refractivity contribution in [3.63, 3.8) is 0 Å². The monoisotopic (exact) mass is 708 g/mol. The highest BCUT2D eigenvalue weighted by Gasteiger charge is 2.31. The number of fused-ring (bicyclic) bond motifs is 3. The lowest BCUT2D eigenvalue weighted by Crippen LogP contribution is -2.14. The molecule has 0 bridgehead atoms. The first-order chi connectivity index (χ1) is 25.8. The van der Waals surface area contributed by atoms with Crippen LogP contribution >= 0.6 is 0 Å². The molecule has 0 N–H and O–H groups in total. The summed E-state index contributed by atoms with van der Waals surface area (Å²) < 4.78 is 11.1. The van der Waals surface area contributed by atoms with Gasteiger partial charge in [0.15, 0.2) is 0 Å². The van der Waals surface area contributed by atoms with E-state index in [1.54, 1.807) is 0 Å². The fraction of sp³-hybridized carbons (Fsp3) is 0.224. The number of nitrogens with zero attached hydrogens (tertiary/aromatic N) is 4. The first-order valence-corrected chi connectivity index (χ1v) is 18.8. The molecule has 5 nitrogen and oxygen atoms in total. The van der Waals surface area contributed by atoms with Crippen LogP contribution in [0.3, 0.4) is 0 Å². The number of hydrogen-bond acceptors (Lipinski definition) is 3. The highest BCUT2D eigenvalue weighted by Crippen LogP contribution is 2.44. The van der Waals surface area contributed by atoms with Crippen LogP contribution in [0.2, 0.25) is 0 Å². The summed E-state index contributed by atoms with van der Waals surface area (Å²) in [5.74, 6) is 2.38. The Hall–Kier alpha value is -5.94. The third kappa shape index (κ3) is 6.28. The Balaban J connectivity index is 1.27. The molecule has 270 valence electrons. The summed E-state index contributed by atoms with van der Waals surface area (Å²) in [6.07, 6.45) is 1.92. The Labute approximate surface area is 318 Å². The summed E-state index contributed by atoms with van der Waals surface area (Å²) in [4.78, 5) is 4.86. The number of aryl methyl sites for hydroxylation is 3. The van der Waals surface area contributed by atoms with Gasteiger partial charge >= 0.3 is 0 Å². The van der Waals surface area contributed by atoms with Crippen LogP contribution in [0.4, 0.5) is 0 Å². The summed E-state index contributed by atoms with van der Waals surface area (Å²) in [5, 5.41) is 7.78. The second kappa shape index (κ2) is 13.2. The minimum absolute atomic E-state index is 0.00308. The number of benzene rings is 5. The van der Waals surface area contributed by atoms with Crippen molar-refractivity contribution in [3.05, 3.63) is 155 Å². The normalized spacial score (nSPS) is 12.2. The molecule has 0 atom stereocenters. The highest BCUT2D eigenvalue weighted by atomic mass is 16.5. The number of rotatable bonds is 6. The lowest BCUT2D eigenvalue weighted by molar-refractivity contribution is 0.482. The van der Waals surface area contributed by atoms with Gasteiger partial charge in [-0.2, -0.15) is 5.10 Å². The minimum atomic E-state index is -0.211. The Morgan fingerprint density at radius 3 is 1.98 bits per heavy atom. The van der Waals surface area contributed by atoms with Gasteiger partial charge in [0, 0.05) is 45.6 Å². The van der Waals surface area contributed by atoms with Crippen LogP contribution in [0.25, 0.3) is 55.7 Å². The number of ether oxygens (including phenoxy) is 1. The molecule has 0 aliphatic carbocycles. The van der Waals surface area contributed by atoms with Crippen LogP contribution in [0.5, 0.6) is 11.5 Å². The first-order valence-electron chi connectivity index (χ1n) is 18.8. The SMILES string of the molecule is Cc1cc(C)c(-c2c(C(C)(C)C)nn(-c3cccc(Oc4ccc5c6ccccc6n(-c6cc(C(C)(C)C)ccn6)c5c4)c3)c2-c2ccccc2)c(C)c1. The zero-order valence-corrected chi connectivity index (χ0v) is 32.8. The van der Waals surface area contributed by atoms with E-state index < -0.39 is 0 Å². The predicted octanol–water partition coefficient (Wildman–Crippen LogP) is 13.0. The van der Waals surface area contributed by atoms with Gasteiger partial charge in [0.05, 0.1) is 28.1 Å². The summed E-state index contributed by atoms with van der Waals surface area (Å²) in [7, 11) is 0. The first kappa shape index (κ1) is 35.1. The third-order valence-electron chi connectivity index (χ3n) is 10.4. The van der Waals surface area contributed by atoms with Crippen molar-refractivity contribution in [2.45, 2.75) is 73.1 Å². The Morgan fingerprint density at radius 2 is 1.26 bits per heavy atom. The maximum atomic E-state index is 6.72. The quantitative estimate of drug-likeness (QED) is 0.173. The summed E-state index contributed by atoms with van der Waals surface area (Å²) in [6.45, 7) is 20.1. The second-order valence-corrected chi connectivity index (χ2v) is 16.7. The zero-order chi connectivity index (χ0) is 37.9. The van der Waals surface area contributed by atoms with E-state index in [9.17, 15) is 0 Å². The van der Waals surface area contributed by atoms with Crippen molar-refractivity contribution in [1.29, 1.82) is 0 Å². The Morgan fingerprint density at radius 1 is 0.574 bits per heavy atom. The van der Waals surface area contributed by atoms with Crippen molar-refractivity contribution in [1.82, 2.24) is 19.3 Å². The molecule has 0 fully saturated rings. The average Bonchev–Trinajstić information content (AvgIpc) is 3.68. The van der Waals surface area contributed by atoms with Gasteiger partial charge < -0.3 is 4.74 Å². The Bertz CT molecular complexity index is 2660. The van der Waals surface area contributed by atoms with Crippen LogP contribution in [-0.2, 0) is 10.8 Å². The minimum Gasteiger partial charge on any atom is -0.457 e. The molecule has 0 saturated heterocycles. The van der Waals surface area contributed by atoms with Crippen molar-refractivity contribution < 1.29 is 4.74 Å². The molecule has 54 heavy (non-hydrogen) atoms. The highest BCUT2D eigenvalue weighted by molar-refractivity contribution is 6.09. The Kier molecular flexibility index (Phi) is 8.56. The van der Waals surface area contributed by atoms with E-state index in [2.05, 4.69) is 187 Å². The maximum absolute atomic E-state index is 6.72. The molecule has 0 aliphatic rings. The largest absolute Gasteiger partial charge is 0.457 e. The number of aromatic nitrogens is 4. The van der Waals surface area contributed by atoms with Crippen LogP contribution in [0.1, 0.15) is 69.5 Å². The van der Waals surface area contributed by atoms with Gasteiger partial charge in [0.1, 0.15) is 17.3 Å². The number of hydrogen-bond donors (Lipinski definition) is 0. The van der Waals surface area contributed by atoms with Crippen LogP contribution in [-0.4, -0.2) is 19.3 Å². The van der Waals surface area contributed by atoms with Crippen molar-refractivity contribution in [3.8, 4) is 45.4 Å². The molecule has 0 spiro atoms.